The lowest BCUT2D eigenvalue weighted by atomic mass is 10.2. The highest BCUT2D eigenvalue weighted by Crippen LogP contribution is 2.31. The fourth-order valence-electron chi connectivity index (χ4n) is 1.63. The molecule has 3 amide bonds. The number of likely N-dealkylation sites (N-methyl/N-ethyl adjacent to an activating group) is 1. The lowest BCUT2D eigenvalue weighted by Crippen LogP contribution is -2.29. The molecule has 96 valence electrons. The van der Waals surface area contributed by atoms with Crippen LogP contribution in [-0.2, 0) is 11.0 Å². The van der Waals surface area contributed by atoms with Crippen molar-refractivity contribution in [3.63, 3.8) is 0 Å². The van der Waals surface area contributed by atoms with Crippen molar-refractivity contribution in [3.8, 4) is 0 Å². The molecule has 2 rings (SSSR count). The highest BCUT2D eigenvalue weighted by atomic mass is 19.4. The van der Waals surface area contributed by atoms with Crippen LogP contribution in [0.3, 0.4) is 0 Å². The van der Waals surface area contributed by atoms with Crippen LogP contribution in [-0.4, -0.2) is 30.4 Å². The summed E-state index contributed by atoms with van der Waals surface area (Å²) in [6.45, 7) is -0.152. The van der Waals surface area contributed by atoms with Crippen LogP contribution >= 0.6 is 0 Å². The highest BCUT2D eigenvalue weighted by molar-refractivity contribution is 6.11. The van der Waals surface area contributed by atoms with E-state index in [1.807, 2.05) is 0 Å². The molecular weight excluding hydrogens is 249 g/mol. The Morgan fingerprint density at radius 3 is 2.06 bits per heavy atom. The van der Waals surface area contributed by atoms with Gasteiger partial charge in [-0.2, -0.15) is 13.2 Å². The second kappa shape index (κ2) is 4.01. The van der Waals surface area contributed by atoms with E-state index < -0.39 is 17.8 Å². The van der Waals surface area contributed by atoms with Gasteiger partial charge in [0.1, 0.15) is 6.54 Å². The third-order valence-electron chi connectivity index (χ3n) is 2.69. The topological polar surface area (TPSA) is 40.6 Å². The minimum atomic E-state index is -4.42. The van der Waals surface area contributed by atoms with E-state index in [4.69, 9.17) is 0 Å². The summed E-state index contributed by atoms with van der Waals surface area (Å²) >= 11 is 0. The second-order valence-electron chi connectivity index (χ2n) is 3.87. The normalized spacial score (nSPS) is 16.7. The number of hydrogen-bond donors (Lipinski definition) is 0. The summed E-state index contributed by atoms with van der Waals surface area (Å²) in [6, 6.07) is 3.57. The van der Waals surface area contributed by atoms with E-state index in [0.29, 0.717) is 0 Å². The van der Waals surface area contributed by atoms with Crippen LogP contribution in [0.2, 0.25) is 0 Å². The Balaban J connectivity index is 2.26. The van der Waals surface area contributed by atoms with Crippen molar-refractivity contribution in [1.82, 2.24) is 4.90 Å². The average Bonchev–Trinajstić information content (AvgIpc) is 2.56. The third kappa shape index (κ3) is 2.03. The van der Waals surface area contributed by atoms with E-state index in [1.165, 1.54) is 19.2 Å². The molecule has 0 aliphatic carbocycles. The van der Waals surface area contributed by atoms with E-state index in [0.717, 1.165) is 21.9 Å². The van der Waals surface area contributed by atoms with Gasteiger partial charge in [-0.25, -0.2) is 4.79 Å². The number of carbonyl (C=O) groups is 2. The van der Waals surface area contributed by atoms with E-state index in [-0.39, 0.29) is 18.1 Å². The number of alkyl halides is 3. The number of nitrogens with zero attached hydrogens (tertiary/aromatic N) is 2. The first-order valence-corrected chi connectivity index (χ1v) is 5.06. The maximum Gasteiger partial charge on any atom is 0.416 e. The molecule has 1 saturated heterocycles. The van der Waals surface area contributed by atoms with Crippen molar-refractivity contribution in [1.29, 1.82) is 0 Å². The van der Waals surface area contributed by atoms with Gasteiger partial charge in [0.2, 0.25) is 5.91 Å². The van der Waals surface area contributed by atoms with Crippen molar-refractivity contribution >= 4 is 17.6 Å². The van der Waals surface area contributed by atoms with Gasteiger partial charge >= 0.3 is 12.2 Å². The molecule has 1 aromatic carbocycles. The van der Waals surface area contributed by atoms with Gasteiger partial charge < -0.3 is 0 Å². The lowest BCUT2D eigenvalue weighted by Gasteiger charge is -2.15. The van der Waals surface area contributed by atoms with Crippen molar-refractivity contribution < 1.29 is 22.8 Å². The van der Waals surface area contributed by atoms with Gasteiger partial charge in [0, 0.05) is 12.7 Å². The minimum absolute atomic E-state index is 0.152. The lowest BCUT2D eigenvalue weighted by molar-refractivity contribution is -0.137. The molecule has 4 nitrogen and oxygen atoms in total. The molecule has 0 N–H and O–H groups in total. The maximum atomic E-state index is 12.4. The Labute approximate surface area is 101 Å². The van der Waals surface area contributed by atoms with E-state index in [2.05, 4.69) is 0 Å². The van der Waals surface area contributed by atoms with Crippen molar-refractivity contribution in [2.45, 2.75) is 6.18 Å². The summed E-state index contributed by atoms with van der Waals surface area (Å²) < 4.78 is 37.1. The van der Waals surface area contributed by atoms with Gasteiger partial charge in [-0.15, -0.1) is 0 Å². The quantitative estimate of drug-likeness (QED) is 0.724. The Kier molecular flexibility index (Phi) is 2.76. The van der Waals surface area contributed by atoms with Crippen molar-refractivity contribution in [2.75, 3.05) is 18.5 Å². The number of urea groups is 1. The SMILES string of the molecule is CN1C(=O)CN(c2ccc(C(F)(F)F)cc2)C1=O. The highest BCUT2D eigenvalue weighted by Gasteiger charge is 2.35. The number of anilines is 1. The fraction of sp³-hybridized carbons (Fsp3) is 0.273. The van der Waals surface area contributed by atoms with Gasteiger partial charge in [0.15, 0.2) is 0 Å². The molecule has 0 bridgehead atoms. The van der Waals surface area contributed by atoms with Gasteiger partial charge in [0.25, 0.3) is 0 Å². The van der Waals surface area contributed by atoms with Gasteiger partial charge in [-0.1, -0.05) is 0 Å². The second-order valence-corrected chi connectivity index (χ2v) is 3.87. The van der Waals surface area contributed by atoms with E-state index in [1.54, 1.807) is 0 Å². The molecular formula is C11H9F3N2O2. The van der Waals surface area contributed by atoms with Crippen LogP contribution in [0.25, 0.3) is 0 Å². The first-order chi connectivity index (χ1) is 8.30. The maximum absolute atomic E-state index is 12.4. The summed E-state index contributed by atoms with van der Waals surface area (Å²) in [5, 5.41) is 0. The van der Waals surface area contributed by atoms with Crippen LogP contribution < -0.4 is 4.90 Å². The number of hydrogen-bond acceptors (Lipinski definition) is 2. The number of benzene rings is 1. The first-order valence-electron chi connectivity index (χ1n) is 5.06. The number of rotatable bonds is 1. The predicted molar refractivity (Wildman–Crippen MR) is 57.0 cm³/mol. The molecule has 0 spiro atoms. The molecule has 1 heterocycles. The van der Waals surface area contributed by atoms with E-state index >= 15 is 0 Å². The monoisotopic (exact) mass is 258 g/mol. The first kappa shape index (κ1) is 12.4. The summed E-state index contributed by atoms with van der Waals surface area (Å²) in [5.74, 6) is -0.389. The van der Waals surface area contributed by atoms with Crippen molar-refractivity contribution in [2.24, 2.45) is 0 Å². The molecule has 1 fully saturated rings. The molecule has 1 aliphatic rings. The van der Waals surface area contributed by atoms with Crippen LogP contribution in [0.15, 0.2) is 24.3 Å². The molecule has 7 heteroatoms. The number of halogens is 3. The minimum Gasteiger partial charge on any atom is -0.285 e. The molecule has 0 unspecified atom stereocenters. The molecule has 0 atom stereocenters. The Hall–Kier alpha value is -2.05. The molecule has 18 heavy (non-hydrogen) atoms. The van der Waals surface area contributed by atoms with Crippen LogP contribution in [0.5, 0.6) is 0 Å². The summed E-state index contributed by atoms with van der Waals surface area (Å²) in [4.78, 5) is 24.9. The van der Waals surface area contributed by atoms with Crippen LogP contribution in [0.4, 0.5) is 23.7 Å². The van der Waals surface area contributed by atoms with Gasteiger partial charge in [-0.05, 0) is 24.3 Å². The summed E-state index contributed by atoms with van der Waals surface area (Å²) in [7, 11) is 1.33. The molecule has 0 aromatic heterocycles. The van der Waals surface area contributed by atoms with Crippen LogP contribution in [0, 0.1) is 0 Å². The fourth-order valence-corrected chi connectivity index (χ4v) is 1.63. The number of carbonyl (C=O) groups excluding carboxylic acids is 2. The van der Waals surface area contributed by atoms with Gasteiger partial charge in [0.05, 0.1) is 5.56 Å². The van der Waals surface area contributed by atoms with E-state index in [9.17, 15) is 22.8 Å². The Bertz CT molecular complexity index is 496. The smallest absolute Gasteiger partial charge is 0.285 e. The van der Waals surface area contributed by atoms with Gasteiger partial charge in [-0.3, -0.25) is 14.6 Å². The molecule has 0 saturated carbocycles. The zero-order chi connectivity index (χ0) is 13.5. The van der Waals surface area contributed by atoms with Crippen LogP contribution in [0.1, 0.15) is 5.56 Å². The zero-order valence-electron chi connectivity index (χ0n) is 9.36. The Morgan fingerprint density at radius 2 is 1.67 bits per heavy atom. The number of amides is 3. The standard InChI is InChI=1S/C11H9F3N2O2/c1-15-9(17)6-16(10(15)18)8-4-2-7(3-5-8)11(12,13)14/h2-5H,6H2,1H3. The molecule has 1 aromatic rings. The Morgan fingerprint density at radius 1 is 1.11 bits per heavy atom. The largest absolute Gasteiger partial charge is 0.416 e. The third-order valence-corrected chi connectivity index (χ3v) is 2.69. The summed E-state index contributed by atoms with van der Waals surface area (Å²) in [5.41, 5.74) is -0.525. The van der Waals surface area contributed by atoms with Crippen molar-refractivity contribution in [3.05, 3.63) is 29.8 Å². The predicted octanol–water partition coefficient (Wildman–Crippen LogP) is 2.10. The molecule has 0 radical (unpaired) electrons. The molecule has 1 aliphatic heterocycles. The summed E-state index contributed by atoms with van der Waals surface area (Å²) in [6.07, 6.45) is -4.42. The average molecular weight is 258 g/mol. The number of imide groups is 1. The zero-order valence-corrected chi connectivity index (χ0v) is 9.36.